The predicted octanol–water partition coefficient (Wildman–Crippen LogP) is -5.93. The van der Waals surface area contributed by atoms with Crippen LogP contribution >= 0.6 is 24.1 Å². The molecule has 0 unspecified atom stereocenters. The van der Waals surface area contributed by atoms with Crippen LogP contribution in [0.5, 0.6) is 6.01 Å². The van der Waals surface area contributed by atoms with E-state index < -0.39 is 54.9 Å². The number of carbonyl (C=O) groups excluding carboxylic acids is 1. The number of carbonyl (C=O) groups is 1. The quantitative estimate of drug-likeness (QED) is 0.0172. The maximum absolute atomic E-state index is 14.8. The maximum Gasteiger partial charge on any atom is 1.00 e. The molecule has 1 aliphatic heterocycles. The summed E-state index contributed by atoms with van der Waals surface area (Å²) in [6, 6.07) is 22.0. The second-order valence-corrected chi connectivity index (χ2v) is 18.7. The van der Waals surface area contributed by atoms with E-state index in [4.69, 9.17) is 0 Å². The fourth-order valence-corrected chi connectivity index (χ4v) is 10.0. The molecule has 71 heavy (non-hydrogen) atoms. The molecule has 0 amide bonds. The number of para-hydroxylation sites is 1. The molecule has 0 saturated carbocycles. The number of aromatic nitrogens is 4. The van der Waals surface area contributed by atoms with Crippen molar-refractivity contribution in [3.05, 3.63) is 124 Å². The van der Waals surface area contributed by atoms with Gasteiger partial charge in [-0.3, -0.25) is 24.4 Å². The third kappa shape index (κ3) is 11.5. The monoisotopic (exact) mass is 1070 g/mol. The van der Waals surface area contributed by atoms with Crippen molar-refractivity contribution < 1.29 is 154 Å². The number of aliphatic hydroxyl groups is 1. The number of aliphatic hydroxyl groups excluding tert-OH is 1. The second kappa shape index (κ2) is 23.4. The Kier molecular flexibility index (Phi) is 18.6. The molecular formula is C40H26N9Na3O15S4. The fraction of sp³-hybridized carbons (Fsp3) is 0.0500. The van der Waals surface area contributed by atoms with E-state index in [1.807, 2.05) is 0 Å². The van der Waals surface area contributed by atoms with Crippen LogP contribution in [0.1, 0.15) is 21.5 Å². The number of fused-ring (bicyclic) bond motifs is 3. The Hall–Kier alpha value is -4.06. The first-order valence-corrected chi connectivity index (χ1v) is 23.5. The molecule has 0 radical (unpaired) electrons. The number of rotatable bonds is 16. The minimum atomic E-state index is -4.96. The van der Waals surface area contributed by atoms with Gasteiger partial charge in [-0.15, -0.1) is 0 Å². The molecule has 24 nitrogen and oxygen atoms in total. The summed E-state index contributed by atoms with van der Waals surface area (Å²) in [6.45, 7) is -0.773. The van der Waals surface area contributed by atoms with Gasteiger partial charge in [0, 0.05) is 28.7 Å². The standard InChI is InChI=1S/C40H29N9O15S4.3Na/c50-16-15-49-27-12-11-24(32-33(27)31(21-5-1-2-6-22(21)35(32)51)34(37(49)52)36-43-23-7-3-4-8-30(23)67(56,57)48-36)42-25-17-19(9-13-28(25)65-63-61-54)41-38-45-39(47-40(53)46-38)44-26-18-20(68(58,59)60)10-14-29(26)66-64-62-55;;;/h1-14,17-18,42,50,54-55H,15-16H2,(H,43,48)(H,58,59,60)(H3,41,44,45,46,47,53);;;/q;3*+1/p-3. The minimum absolute atomic E-state index is 0. The molecule has 348 valence electrons. The Labute approximate surface area is 475 Å². The van der Waals surface area contributed by atoms with E-state index in [0.717, 1.165) is 18.2 Å². The summed E-state index contributed by atoms with van der Waals surface area (Å²) in [5.74, 6) is -1.51. The number of aromatic hydroxyl groups is 1. The first-order valence-electron chi connectivity index (χ1n) is 19.1. The van der Waals surface area contributed by atoms with E-state index in [-0.39, 0.29) is 183 Å². The molecule has 2 aromatic heterocycles. The summed E-state index contributed by atoms with van der Waals surface area (Å²) < 4.78 is 75.1. The van der Waals surface area contributed by atoms with Crippen LogP contribution in [-0.2, 0) is 45.4 Å². The normalized spacial score (nSPS) is 13.0. The summed E-state index contributed by atoms with van der Waals surface area (Å²) in [6.07, 6.45) is 0. The topological polar surface area (TPSA) is 353 Å². The summed E-state index contributed by atoms with van der Waals surface area (Å²) in [5.41, 5.74) is 0.375. The van der Waals surface area contributed by atoms with Gasteiger partial charge in [0.1, 0.15) is 15.0 Å². The number of amidine groups is 1. The Morgan fingerprint density at radius 3 is 2.04 bits per heavy atom. The van der Waals surface area contributed by atoms with E-state index in [2.05, 4.69) is 59.4 Å². The van der Waals surface area contributed by atoms with Crippen molar-refractivity contribution in [1.29, 1.82) is 0 Å². The van der Waals surface area contributed by atoms with Gasteiger partial charge in [0.25, 0.3) is 15.6 Å². The van der Waals surface area contributed by atoms with Gasteiger partial charge in [-0.2, -0.15) is 23.6 Å². The third-order valence-electron chi connectivity index (χ3n) is 10.2. The zero-order valence-electron chi connectivity index (χ0n) is 36.7. The van der Waals surface area contributed by atoms with E-state index in [1.165, 1.54) is 53.1 Å². The van der Waals surface area contributed by atoms with Crippen LogP contribution in [0.15, 0.2) is 126 Å². The van der Waals surface area contributed by atoms with Crippen molar-refractivity contribution >= 4 is 107 Å². The summed E-state index contributed by atoms with van der Waals surface area (Å²) >= 11 is 0.837. The van der Waals surface area contributed by atoms with Crippen LogP contribution in [0.2, 0.25) is 0 Å². The Balaban J connectivity index is 0.00000275. The average molecular weight is 1070 g/mol. The van der Waals surface area contributed by atoms with E-state index in [9.17, 15) is 51.7 Å². The van der Waals surface area contributed by atoms with E-state index >= 15 is 0 Å². The number of aliphatic imine (C=N–C) groups is 1. The van der Waals surface area contributed by atoms with Crippen molar-refractivity contribution in [2.45, 2.75) is 26.1 Å². The molecule has 9 rings (SSSR count). The molecule has 0 saturated heterocycles. The average Bonchev–Trinajstić information content (AvgIpc) is 3.30. The van der Waals surface area contributed by atoms with Crippen molar-refractivity contribution in [3.63, 3.8) is 0 Å². The van der Waals surface area contributed by atoms with Gasteiger partial charge in [-0.1, -0.05) is 36.4 Å². The van der Waals surface area contributed by atoms with Crippen molar-refractivity contribution in [2.75, 3.05) is 22.6 Å². The maximum atomic E-state index is 14.8. The number of sulfonamides is 1. The Morgan fingerprint density at radius 1 is 0.732 bits per heavy atom. The van der Waals surface area contributed by atoms with Crippen LogP contribution < -0.4 is 125 Å². The minimum Gasteiger partial charge on any atom is -0.744 e. The van der Waals surface area contributed by atoms with Crippen LogP contribution in [-0.4, -0.2) is 69.3 Å². The molecule has 6 N–H and O–H groups in total. The first kappa shape index (κ1) is 56.2. The van der Waals surface area contributed by atoms with Gasteiger partial charge in [0.15, 0.2) is 11.6 Å². The number of hydrogen-bond donors (Lipinski definition) is 6. The van der Waals surface area contributed by atoms with Gasteiger partial charge >= 0.3 is 94.7 Å². The third-order valence-corrected chi connectivity index (χ3v) is 13.7. The number of pyridine rings is 1. The van der Waals surface area contributed by atoms with Gasteiger partial charge in [-0.05, 0) is 66.2 Å². The molecule has 5 aromatic carbocycles. The molecular weight excluding hydrogens is 1040 g/mol. The summed E-state index contributed by atoms with van der Waals surface area (Å²) in [4.78, 5) is 45.3. The number of nitrogens with zero attached hydrogens (tertiary/aromatic N) is 5. The number of hydrogen-bond acceptors (Lipinski definition) is 24. The molecule has 7 aromatic rings. The Bertz CT molecular complexity index is 3560. The number of nitrogens with one attached hydrogen (secondary N) is 4. The van der Waals surface area contributed by atoms with Crippen LogP contribution in [0.3, 0.4) is 0 Å². The molecule has 2 aliphatic rings. The number of benzene rings is 5. The second-order valence-electron chi connectivity index (χ2n) is 14.1. The number of ketones is 1. The molecule has 0 spiro atoms. The fourth-order valence-electron chi connectivity index (χ4n) is 7.53. The first-order chi connectivity index (χ1) is 32.7. The van der Waals surface area contributed by atoms with Crippen molar-refractivity contribution in [1.82, 2.24) is 24.2 Å². The van der Waals surface area contributed by atoms with E-state index in [1.54, 1.807) is 30.3 Å². The van der Waals surface area contributed by atoms with Gasteiger partial charge in [0.2, 0.25) is 11.9 Å². The molecule has 0 bridgehead atoms. The Morgan fingerprint density at radius 2 is 1.37 bits per heavy atom. The van der Waals surface area contributed by atoms with Gasteiger partial charge < -0.3 is 45.8 Å². The predicted molar refractivity (Wildman–Crippen MR) is 235 cm³/mol. The van der Waals surface area contributed by atoms with E-state index in [0.29, 0.717) is 29.6 Å². The van der Waals surface area contributed by atoms with Crippen LogP contribution in [0.4, 0.5) is 40.3 Å². The van der Waals surface area contributed by atoms with Crippen LogP contribution in [0.25, 0.3) is 22.0 Å². The molecule has 0 fully saturated rings. The van der Waals surface area contributed by atoms with Gasteiger partial charge in [-0.25, -0.2) is 21.8 Å². The summed E-state index contributed by atoms with van der Waals surface area (Å²) in [7, 11) is -9.21. The molecule has 31 heteroatoms. The van der Waals surface area contributed by atoms with Crippen LogP contribution in [0, 0.1) is 0 Å². The van der Waals surface area contributed by atoms with Crippen molar-refractivity contribution in [3.8, 4) is 17.1 Å². The SMILES string of the molecule is O=C1c2ccccc2-c2c(C3=Nc4ccccc4S(=O)(=O)N3)c(=O)n(CCO)c3ccc(Nc4cc(Nc5nc(O)nc(Nc6cc(S(=O)(=O)[O-])ccc6SOO[O-])n5)ccc4SOO[O-])c1c23.[Na+].[Na+].[Na+]. The largest absolute Gasteiger partial charge is 1.00 e. The molecule has 0 atom stereocenters. The zero-order chi connectivity index (χ0) is 47.9. The molecule has 3 heterocycles. The zero-order valence-corrected chi connectivity index (χ0v) is 46.0. The van der Waals surface area contributed by atoms with Gasteiger partial charge in [0.05, 0.1) is 84.8 Å². The smallest absolute Gasteiger partial charge is 0.744 e. The van der Waals surface area contributed by atoms with Crippen molar-refractivity contribution in [2.24, 2.45) is 4.99 Å². The summed E-state index contributed by atoms with van der Waals surface area (Å²) in [5, 5.41) is 58.0. The molecule has 1 aliphatic carbocycles. The number of anilines is 6.